The van der Waals surface area contributed by atoms with Gasteiger partial charge >= 0.3 is 5.97 Å². The molecule has 1 aliphatic heterocycles. The Kier molecular flexibility index (Phi) is 6.43. The molecule has 0 atom stereocenters. The summed E-state index contributed by atoms with van der Waals surface area (Å²) in [5.74, 6) is -0.991. The van der Waals surface area contributed by atoms with E-state index in [9.17, 15) is 9.59 Å². The Bertz CT molecular complexity index is 1340. The highest BCUT2D eigenvalue weighted by Crippen LogP contribution is 2.26. The van der Waals surface area contributed by atoms with Gasteiger partial charge in [0.25, 0.3) is 5.91 Å². The van der Waals surface area contributed by atoms with Gasteiger partial charge in [-0.2, -0.15) is 5.10 Å². The van der Waals surface area contributed by atoms with Gasteiger partial charge < -0.3 is 15.0 Å². The first-order valence-corrected chi connectivity index (χ1v) is 11.9. The average molecular weight is 470 g/mol. The summed E-state index contributed by atoms with van der Waals surface area (Å²) in [7, 11) is 0. The number of carbonyl (C=O) groups excluding carboxylic acids is 2. The van der Waals surface area contributed by atoms with Gasteiger partial charge in [0, 0.05) is 36.6 Å². The van der Waals surface area contributed by atoms with Gasteiger partial charge in [0.2, 0.25) is 0 Å². The van der Waals surface area contributed by atoms with Crippen LogP contribution >= 0.6 is 0 Å². The molecule has 1 fully saturated rings. The number of amides is 1. The number of aromatic nitrogens is 3. The Balaban J connectivity index is 1.29. The van der Waals surface area contributed by atoms with E-state index >= 15 is 0 Å². The Morgan fingerprint density at radius 1 is 1.03 bits per heavy atom. The van der Waals surface area contributed by atoms with Gasteiger partial charge in [0.15, 0.2) is 12.3 Å². The number of esters is 1. The van der Waals surface area contributed by atoms with E-state index in [4.69, 9.17) is 9.72 Å². The highest BCUT2D eigenvalue weighted by Gasteiger charge is 2.19. The van der Waals surface area contributed by atoms with E-state index in [0.29, 0.717) is 34.5 Å². The smallest absolute Gasteiger partial charge is 0.339 e. The van der Waals surface area contributed by atoms with E-state index in [1.807, 2.05) is 61.5 Å². The van der Waals surface area contributed by atoms with Crippen molar-refractivity contribution in [2.75, 3.05) is 29.9 Å². The third-order valence-electron chi connectivity index (χ3n) is 6.15. The van der Waals surface area contributed by atoms with Crippen LogP contribution in [0.5, 0.6) is 0 Å². The van der Waals surface area contributed by atoms with E-state index in [2.05, 4.69) is 15.3 Å². The first kappa shape index (κ1) is 22.6. The van der Waals surface area contributed by atoms with Gasteiger partial charge in [0.1, 0.15) is 0 Å². The van der Waals surface area contributed by atoms with Crippen LogP contribution in [-0.4, -0.2) is 46.3 Å². The predicted octanol–water partition coefficient (Wildman–Crippen LogP) is 4.51. The maximum atomic E-state index is 13.0. The third kappa shape index (κ3) is 4.87. The summed E-state index contributed by atoms with van der Waals surface area (Å²) in [5, 5.41) is 7.72. The lowest BCUT2D eigenvalue weighted by molar-refractivity contribution is -0.119. The molecular weight excluding hydrogens is 442 g/mol. The zero-order valence-electron chi connectivity index (χ0n) is 19.6. The van der Waals surface area contributed by atoms with Crippen molar-refractivity contribution in [1.29, 1.82) is 0 Å². The molecule has 1 amide bonds. The summed E-state index contributed by atoms with van der Waals surface area (Å²) in [6.45, 7) is 4.31. The number of carbonyl (C=O) groups is 2. The molecule has 3 heterocycles. The number of fused-ring (bicyclic) bond motifs is 1. The number of hydrogen-bond acceptors (Lipinski definition) is 6. The van der Waals surface area contributed by atoms with Crippen LogP contribution < -0.4 is 10.2 Å². The van der Waals surface area contributed by atoms with Crippen LogP contribution in [0.25, 0.3) is 22.3 Å². The maximum Gasteiger partial charge on any atom is 0.339 e. The van der Waals surface area contributed by atoms with E-state index in [-0.39, 0.29) is 6.61 Å². The van der Waals surface area contributed by atoms with Gasteiger partial charge in [-0.05, 0) is 50.1 Å². The number of anilines is 2. The summed E-state index contributed by atoms with van der Waals surface area (Å²) in [4.78, 5) is 32.5. The second-order valence-corrected chi connectivity index (χ2v) is 8.48. The topological polar surface area (TPSA) is 89.3 Å². The standard InChI is InChI=1S/C27H27N5O3/c1-2-32-26-23(17-28-32)22(16-24(30-26)19-8-4-3-5-9-19)27(34)35-18-25(33)29-20-10-12-21(13-11-20)31-14-6-7-15-31/h3-5,8-13,16-17H,2,6-7,14-15,18H2,1H3,(H,29,33). The van der Waals surface area contributed by atoms with Crippen molar-refractivity contribution in [3.8, 4) is 11.3 Å². The highest BCUT2D eigenvalue weighted by atomic mass is 16.5. The maximum absolute atomic E-state index is 13.0. The van der Waals surface area contributed by atoms with Crippen LogP contribution in [0.3, 0.4) is 0 Å². The van der Waals surface area contributed by atoms with Crippen molar-refractivity contribution < 1.29 is 14.3 Å². The SMILES string of the molecule is CCn1ncc2c(C(=O)OCC(=O)Nc3ccc(N4CCCC4)cc3)cc(-c3ccccc3)nc21. The summed E-state index contributed by atoms with van der Waals surface area (Å²) >= 11 is 0. The minimum Gasteiger partial charge on any atom is -0.452 e. The Labute approximate surface area is 203 Å². The number of nitrogens with zero attached hydrogens (tertiary/aromatic N) is 4. The number of rotatable bonds is 7. The molecule has 1 N–H and O–H groups in total. The van der Waals surface area contributed by atoms with Crippen molar-refractivity contribution >= 4 is 34.3 Å². The lowest BCUT2D eigenvalue weighted by Crippen LogP contribution is -2.21. The summed E-state index contributed by atoms with van der Waals surface area (Å²) in [6, 6.07) is 19.0. The molecule has 8 nitrogen and oxygen atoms in total. The average Bonchev–Trinajstić information content (AvgIpc) is 3.58. The molecule has 0 aliphatic carbocycles. The quantitative estimate of drug-likeness (QED) is 0.401. The van der Waals surface area contributed by atoms with E-state index in [0.717, 1.165) is 24.3 Å². The van der Waals surface area contributed by atoms with Crippen LogP contribution in [0.4, 0.5) is 11.4 Å². The number of benzene rings is 2. The molecule has 5 rings (SSSR count). The molecule has 0 saturated carbocycles. The van der Waals surface area contributed by atoms with Crippen LogP contribution in [-0.2, 0) is 16.1 Å². The van der Waals surface area contributed by atoms with Crippen LogP contribution in [0.1, 0.15) is 30.1 Å². The monoisotopic (exact) mass is 469 g/mol. The molecule has 2 aromatic carbocycles. The Morgan fingerprint density at radius 3 is 2.49 bits per heavy atom. The Morgan fingerprint density at radius 2 is 1.77 bits per heavy atom. The van der Waals surface area contributed by atoms with Gasteiger partial charge in [0.05, 0.1) is 22.8 Å². The van der Waals surface area contributed by atoms with Crippen molar-refractivity contribution in [3.05, 3.63) is 72.4 Å². The fraction of sp³-hybridized carbons (Fsp3) is 0.259. The number of aryl methyl sites for hydroxylation is 1. The molecule has 1 saturated heterocycles. The molecule has 1 aliphatic rings. The molecule has 35 heavy (non-hydrogen) atoms. The highest BCUT2D eigenvalue weighted by molar-refractivity contribution is 6.04. The number of ether oxygens (including phenoxy) is 1. The molecule has 178 valence electrons. The summed E-state index contributed by atoms with van der Waals surface area (Å²) in [5.41, 5.74) is 4.26. The fourth-order valence-corrected chi connectivity index (χ4v) is 4.34. The third-order valence-corrected chi connectivity index (χ3v) is 6.15. The number of hydrogen-bond donors (Lipinski definition) is 1. The zero-order chi connectivity index (χ0) is 24.2. The first-order chi connectivity index (χ1) is 17.1. The van der Waals surface area contributed by atoms with Crippen LogP contribution in [0.15, 0.2) is 66.9 Å². The van der Waals surface area contributed by atoms with Gasteiger partial charge in [-0.1, -0.05) is 30.3 Å². The van der Waals surface area contributed by atoms with Crippen molar-refractivity contribution in [3.63, 3.8) is 0 Å². The Hall–Kier alpha value is -4.20. The molecule has 4 aromatic rings. The zero-order valence-corrected chi connectivity index (χ0v) is 19.6. The van der Waals surface area contributed by atoms with E-state index < -0.39 is 11.9 Å². The normalized spacial score (nSPS) is 13.2. The molecule has 0 radical (unpaired) electrons. The van der Waals surface area contributed by atoms with Crippen LogP contribution in [0.2, 0.25) is 0 Å². The largest absolute Gasteiger partial charge is 0.452 e. The predicted molar refractivity (Wildman–Crippen MR) is 135 cm³/mol. The van der Waals surface area contributed by atoms with Gasteiger partial charge in [-0.15, -0.1) is 0 Å². The molecule has 8 heteroatoms. The minimum atomic E-state index is -0.593. The number of pyridine rings is 1. The molecule has 0 spiro atoms. The molecule has 0 bridgehead atoms. The first-order valence-electron chi connectivity index (χ1n) is 11.9. The van der Waals surface area contributed by atoms with Gasteiger partial charge in [-0.25, -0.2) is 14.5 Å². The van der Waals surface area contributed by atoms with Crippen molar-refractivity contribution in [1.82, 2.24) is 14.8 Å². The lowest BCUT2D eigenvalue weighted by atomic mass is 10.1. The summed E-state index contributed by atoms with van der Waals surface area (Å²) in [6.07, 6.45) is 4.03. The fourth-order valence-electron chi connectivity index (χ4n) is 4.34. The van der Waals surface area contributed by atoms with Gasteiger partial charge in [-0.3, -0.25) is 4.79 Å². The second kappa shape index (κ2) is 9.97. The molecule has 0 unspecified atom stereocenters. The lowest BCUT2D eigenvalue weighted by Gasteiger charge is -2.17. The minimum absolute atomic E-state index is 0.330. The molecular formula is C27H27N5O3. The second-order valence-electron chi connectivity index (χ2n) is 8.48. The van der Waals surface area contributed by atoms with Crippen LogP contribution in [0, 0.1) is 0 Å². The van der Waals surface area contributed by atoms with E-state index in [1.165, 1.54) is 12.8 Å². The van der Waals surface area contributed by atoms with E-state index in [1.54, 1.807) is 16.9 Å². The van der Waals surface area contributed by atoms with Crippen molar-refractivity contribution in [2.24, 2.45) is 0 Å². The van der Waals surface area contributed by atoms with Crippen molar-refractivity contribution in [2.45, 2.75) is 26.3 Å². The molecule has 2 aromatic heterocycles. The number of nitrogens with one attached hydrogen (secondary N) is 1. The summed E-state index contributed by atoms with van der Waals surface area (Å²) < 4.78 is 7.12.